The van der Waals surface area contributed by atoms with E-state index < -0.39 is 0 Å². The lowest BCUT2D eigenvalue weighted by molar-refractivity contribution is 0.0928. The third-order valence-electron chi connectivity index (χ3n) is 4.24. The predicted molar refractivity (Wildman–Crippen MR) is 101 cm³/mol. The summed E-state index contributed by atoms with van der Waals surface area (Å²) in [4.78, 5) is 25.6. The van der Waals surface area contributed by atoms with Gasteiger partial charge in [0.25, 0.3) is 5.91 Å². The van der Waals surface area contributed by atoms with Crippen molar-refractivity contribution in [1.29, 1.82) is 0 Å². The number of nitrogens with one attached hydrogen (secondary N) is 1. The van der Waals surface area contributed by atoms with E-state index in [0.29, 0.717) is 10.2 Å². The van der Waals surface area contributed by atoms with Crippen LogP contribution in [-0.4, -0.2) is 25.2 Å². The van der Waals surface area contributed by atoms with Crippen molar-refractivity contribution in [2.24, 2.45) is 0 Å². The van der Waals surface area contributed by atoms with E-state index in [0.717, 1.165) is 47.6 Å². The first-order valence-corrected chi connectivity index (χ1v) is 9.54. The van der Waals surface area contributed by atoms with Gasteiger partial charge in [0, 0.05) is 35.4 Å². The quantitative estimate of drug-likeness (QED) is 0.708. The Balaban J connectivity index is 1.59. The molecular weight excluding hydrogens is 393 g/mol. The maximum atomic E-state index is 12.5. The molecule has 0 aromatic carbocycles. The summed E-state index contributed by atoms with van der Waals surface area (Å²) >= 11 is 12.9. The maximum Gasteiger partial charge on any atom is 0.273 e. The molecule has 0 saturated carbocycles. The molecule has 1 amide bonds. The van der Waals surface area contributed by atoms with Gasteiger partial charge in [-0.1, -0.05) is 23.2 Å². The number of hydrogen-bond donors (Lipinski definition) is 1. The third-order valence-corrected chi connectivity index (χ3v) is 5.85. The first-order valence-electron chi connectivity index (χ1n) is 8.01. The van der Waals surface area contributed by atoms with Gasteiger partial charge in [-0.15, -0.1) is 0 Å². The number of aromatic nitrogens is 4. The minimum atomic E-state index is -0.339. The molecule has 0 radical (unpaired) electrons. The highest BCUT2D eigenvalue weighted by Crippen LogP contribution is 2.32. The number of amides is 1. The van der Waals surface area contributed by atoms with E-state index in [2.05, 4.69) is 24.6 Å². The fourth-order valence-corrected chi connectivity index (χ4v) is 3.96. The van der Waals surface area contributed by atoms with Crippen molar-refractivity contribution in [2.45, 2.75) is 25.3 Å². The van der Waals surface area contributed by atoms with Crippen molar-refractivity contribution in [3.05, 3.63) is 57.0 Å². The number of hydrogen-bond acceptors (Lipinski definition) is 6. The van der Waals surface area contributed by atoms with Crippen LogP contribution in [-0.2, 0) is 6.42 Å². The topological polar surface area (TPSA) is 80.7 Å². The Kier molecular flexibility index (Phi) is 4.84. The molecule has 3 heterocycles. The van der Waals surface area contributed by atoms with E-state index in [-0.39, 0.29) is 22.7 Å². The van der Waals surface area contributed by atoms with Gasteiger partial charge in [-0.05, 0) is 42.9 Å². The molecule has 0 bridgehead atoms. The third kappa shape index (κ3) is 3.30. The number of halogens is 2. The Hall–Kier alpha value is -2.09. The standard InChI is InChI=1S/C17H13Cl2N5OS/c18-13-14(24-26-15(13)19)17(25)23-12-3-1-2-11-10(12)8-21-16(22-11)9-4-6-20-7-5-9/h4-8,12H,1-3H2,(H,23,25)/t12-/m1/s1. The van der Waals surface area contributed by atoms with Crippen LogP contribution in [0.15, 0.2) is 30.7 Å². The van der Waals surface area contributed by atoms with Gasteiger partial charge >= 0.3 is 0 Å². The highest BCUT2D eigenvalue weighted by Gasteiger charge is 2.26. The van der Waals surface area contributed by atoms with Crippen LogP contribution in [0.2, 0.25) is 9.36 Å². The predicted octanol–water partition coefficient (Wildman–Crippen LogP) is 4.11. The zero-order chi connectivity index (χ0) is 18.1. The summed E-state index contributed by atoms with van der Waals surface area (Å²) < 4.78 is 4.33. The molecule has 1 aliphatic carbocycles. The summed E-state index contributed by atoms with van der Waals surface area (Å²) in [5.41, 5.74) is 2.95. The fraction of sp³-hybridized carbons (Fsp3) is 0.235. The minimum absolute atomic E-state index is 0.156. The van der Waals surface area contributed by atoms with Gasteiger partial charge in [0.1, 0.15) is 9.36 Å². The molecule has 9 heteroatoms. The second-order valence-electron chi connectivity index (χ2n) is 5.87. The second kappa shape index (κ2) is 7.26. The van der Waals surface area contributed by atoms with Gasteiger partial charge in [-0.3, -0.25) is 9.78 Å². The number of rotatable bonds is 3. The monoisotopic (exact) mass is 405 g/mol. The Labute approximate surface area is 163 Å². The van der Waals surface area contributed by atoms with Crippen molar-refractivity contribution >= 4 is 40.6 Å². The highest BCUT2D eigenvalue weighted by molar-refractivity contribution is 7.11. The van der Waals surface area contributed by atoms with Gasteiger partial charge in [0.15, 0.2) is 11.5 Å². The van der Waals surface area contributed by atoms with E-state index >= 15 is 0 Å². The lowest BCUT2D eigenvalue weighted by atomic mass is 9.92. The molecule has 0 aliphatic heterocycles. The lowest BCUT2D eigenvalue weighted by Crippen LogP contribution is -2.32. The normalized spacial score (nSPS) is 16.2. The lowest BCUT2D eigenvalue weighted by Gasteiger charge is -2.25. The number of nitrogens with zero attached hydrogens (tertiary/aromatic N) is 4. The first-order chi connectivity index (χ1) is 12.6. The van der Waals surface area contributed by atoms with E-state index in [4.69, 9.17) is 23.2 Å². The summed E-state index contributed by atoms with van der Waals surface area (Å²) in [6, 6.07) is 3.57. The van der Waals surface area contributed by atoms with Crippen LogP contribution in [0.4, 0.5) is 0 Å². The molecule has 0 fully saturated rings. The van der Waals surface area contributed by atoms with Crippen molar-refractivity contribution in [1.82, 2.24) is 24.6 Å². The number of fused-ring (bicyclic) bond motifs is 1. The molecule has 3 aromatic rings. The van der Waals surface area contributed by atoms with E-state index in [1.54, 1.807) is 18.6 Å². The molecule has 1 N–H and O–H groups in total. The molecule has 3 aromatic heterocycles. The first kappa shape index (κ1) is 17.3. The van der Waals surface area contributed by atoms with Crippen molar-refractivity contribution in [3.8, 4) is 11.4 Å². The van der Waals surface area contributed by atoms with Crippen molar-refractivity contribution in [2.75, 3.05) is 0 Å². The molecule has 0 spiro atoms. The Bertz CT molecular complexity index is 963. The summed E-state index contributed by atoms with van der Waals surface area (Å²) in [6.45, 7) is 0. The van der Waals surface area contributed by atoms with Crippen molar-refractivity contribution in [3.63, 3.8) is 0 Å². The van der Waals surface area contributed by atoms with E-state index in [1.807, 2.05) is 12.1 Å². The summed E-state index contributed by atoms with van der Waals surface area (Å²) in [7, 11) is 0. The molecular formula is C17H13Cl2N5OS. The summed E-state index contributed by atoms with van der Waals surface area (Å²) in [6.07, 6.45) is 7.81. The van der Waals surface area contributed by atoms with Gasteiger partial charge in [-0.2, -0.15) is 4.37 Å². The molecule has 26 heavy (non-hydrogen) atoms. The van der Waals surface area contributed by atoms with Crippen LogP contribution >= 0.6 is 34.7 Å². The highest BCUT2D eigenvalue weighted by atomic mass is 35.5. The fourth-order valence-electron chi connectivity index (χ4n) is 2.96. The number of carbonyl (C=O) groups is 1. The maximum absolute atomic E-state index is 12.5. The van der Waals surface area contributed by atoms with Crippen LogP contribution in [0, 0.1) is 0 Å². The average molecular weight is 406 g/mol. The molecule has 4 rings (SSSR count). The minimum Gasteiger partial charge on any atom is -0.344 e. The zero-order valence-corrected chi connectivity index (χ0v) is 15.8. The molecule has 1 aliphatic rings. The van der Waals surface area contributed by atoms with Gasteiger partial charge in [-0.25, -0.2) is 9.97 Å². The molecule has 6 nitrogen and oxygen atoms in total. The van der Waals surface area contributed by atoms with Crippen LogP contribution < -0.4 is 5.32 Å². The number of carbonyl (C=O) groups excluding carboxylic acids is 1. The largest absolute Gasteiger partial charge is 0.344 e. The SMILES string of the molecule is O=C(N[C@@H]1CCCc2nc(-c3ccncc3)ncc21)c1nsc(Cl)c1Cl. The van der Waals surface area contributed by atoms with Crippen LogP contribution in [0.25, 0.3) is 11.4 Å². The molecule has 0 saturated heterocycles. The molecule has 1 atom stereocenters. The molecule has 132 valence electrons. The Morgan fingerprint density at radius 3 is 2.81 bits per heavy atom. The van der Waals surface area contributed by atoms with E-state index in [9.17, 15) is 4.79 Å². The average Bonchev–Trinajstić information content (AvgIpc) is 3.01. The second-order valence-corrected chi connectivity index (χ2v) is 7.62. The summed E-state index contributed by atoms with van der Waals surface area (Å²) in [5, 5.41) is 3.17. The Morgan fingerprint density at radius 1 is 1.27 bits per heavy atom. The van der Waals surface area contributed by atoms with Gasteiger partial charge < -0.3 is 5.32 Å². The summed E-state index contributed by atoms with van der Waals surface area (Å²) in [5.74, 6) is 0.321. The number of aryl methyl sites for hydroxylation is 1. The Morgan fingerprint density at radius 2 is 2.08 bits per heavy atom. The zero-order valence-electron chi connectivity index (χ0n) is 13.4. The smallest absolute Gasteiger partial charge is 0.273 e. The number of pyridine rings is 1. The van der Waals surface area contributed by atoms with Gasteiger partial charge in [0.2, 0.25) is 0 Å². The molecule has 0 unspecified atom stereocenters. The van der Waals surface area contributed by atoms with Crippen molar-refractivity contribution < 1.29 is 4.79 Å². The van der Waals surface area contributed by atoms with Gasteiger partial charge in [0.05, 0.1) is 6.04 Å². The van der Waals surface area contributed by atoms with Crippen LogP contribution in [0.1, 0.15) is 40.6 Å². The van der Waals surface area contributed by atoms with E-state index in [1.165, 1.54) is 0 Å². The van der Waals surface area contributed by atoms with Crippen LogP contribution in [0.3, 0.4) is 0 Å². The van der Waals surface area contributed by atoms with Crippen LogP contribution in [0.5, 0.6) is 0 Å².